The van der Waals surface area contributed by atoms with Crippen LogP contribution in [-0.4, -0.2) is 18.5 Å². The van der Waals surface area contributed by atoms with Gasteiger partial charge < -0.3 is 13.9 Å². The fourth-order valence-electron chi connectivity index (χ4n) is 2.99. The van der Waals surface area contributed by atoms with E-state index in [9.17, 15) is 14.4 Å². The Morgan fingerprint density at radius 3 is 2.63 bits per heavy atom. The largest absolute Gasteiger partial charge is 0.466 e. The second-order valence-corrected chi connectivity index (χ2v) is 7.65. The van der Waals surface area contributed by atoms with Gasteiger partial charge in [0.2, 0.25) is 0 Å². The lowest BCUT2D eigenvalue weighted by atomic mass is 10.0. The summed E-state index contributed by atoms with van der Waals surface area (Å²) in [5, 5.41) is 0.715. The first-order valence-corrected chi connectivity index (χ1v) is 10.4. The summed E-state index contributed by atoms with van der Waals surface area (Å²) in [5.41, 5.74) is 1.57. The van der Waals surface area contributed by atoms with Gasteiger partial charge in [-0.2, -0.15) is 0 Å². The zero-order valence-corrected chi connectivity index (χ0v) is 18.3. The quantitative estimate of drug-likeness (QED) is 0.274. The predicted octanol–water partition coefficient (Wildman–Crippen LogP) is 4.97. The molecule has 2 aromatic carbocycles. The molecule has 0 fully saturated rings. The molecule has 0 aliphatic rings. The highest BCUT2D eigenvalue weighted by atomic mass is 79.9. The molecule has 0 N–H and O–H groups in total. The standard InChI is InChI=1S/C23H21BrO6/c1-3-10-28-21(25)9-8-15-12-17-14(2)11-22(26)29-20(17)13-19(15)30-23(27)16-6-4-5-7-18(16)24/h4-7,11-13H,3,8-10H2,1-2H3. The fourth-order valence-corrected chi connectivity index (χ4v) is 3.43. The van der Waals surface area contributed by atoms with Crippen LogP contribution in [0.2, 0.25) is 0 Å². The van der Waals surface area contributed by atoms with Gasteiger partial charge in [0.05, 0.1) is 12.2 Å². The van der Waals surface area contributed by atoms with Crippen LogP contribution in [0.5, 0.6) is 5.75 Å². The van der Waals surface area contributed by atoms with E-state index >= 15 is 0 Å². The molecule has 7 heteroatoms. The molecule has 0 aliphatic carbocycles. The van der Waals surface area contributed by atoms with Crippen molar-refractivity contribution in [3.63, 3.8) is 0 Å². The molecule has 6 nitrogen and oxygen atoms in total. The van der Waals surface area contributed by atoms with Crippen molar-refractivity contribution >= 4 is 38.8 Å². The zero-order chi connectivity index (χ0) is 21.7. The minimum Gasteiger partial charge on any atom is -0.466 e. The average Bonchev–Trinajstić information content (AvgIpc) is 2.71. The summed E-state index contributed by atoms with van der Waals surface area (Å²) in [6.07, 6.45) is 1.20. The van der Waals surface area contributed by atoms with Crippen LogP contribution in [0, 0.1) is 6.92 Å². The van der Waals surface area contributed by atoms with Crippen LogP contribution in [-0.2, 0) is 16.0 Å². The Morgan fingerprint density at radius 2 is 1.90 bits per heavy atom. The molecular weight excluding hydrogens is 452 g/mol. The van der Waals surface area contributed by atoms with Crippen LogP contribution < -0.4 is 10.4 Å². The first-order valence-electron chi connectivity index (χ1n) is 9.58. The van der Waals surface area contributed by atoms with Crippen LogP contribution in [0.4, 0.5) is 0 Å². The topological polar surface area (TPSA) is 82.8 Å². The summed E-state index contributed by atoms with van der Waals surface area (Å²) in [6.45, 7) is 4.09. The maximum atomic E-state index is 12.7. The lowest BCUT2D eigenvalue weighted by molar-refractivity contribution is -0.143. The maximum absolute atomic E-state index is 12.7. The second-order valence-electron chi connectivity index (χ2n) is 6.79. The number of benzene rings is 2. The highest BCUT2D eigenvalue weighted by Gasteiger charge is 2.18. The van der Waals surface area contributed by atoms with Gasteiger partial charge in [0, 0.05) is 28.4 Å². The number of fused-ring (bicyclic) bond motifs is 1. The highest BCUT2D eigenvalue weighted by molar-refractivity contribution is 9.10. The Hall–Kier alpha value is -2.93. The van der Waals surface area contributed by atoms with Crippen molar-refractivity contribution in [2.24, 2.45) is 0 Å². The molecule has 0 saturated carbocycles. The number of halogens is 1. The van der Waals surface area contributed by atoms with Crippen molar-refractivity contribution in [3.05, 3.63) is 74.0 Å². The number of ether oxygens (including phenoxy) is 2. The third-order valence-corrected chi connectivity index (χ3v) is 5.19. The molecular formula is C23H21BrO6. The van der Waals surface area contributed by atoms with E-state index in [1.807, 2.05) is 6.92 Å². The molecule has 0 atom stereocenters. The molecule has 0 amide bonds. The van der Waals surface area contributed by atoms with Gasteiger partial charge in [-0.25, -0.2) is 9.59 Å². The van der Waals surface area contributed by atoms with E-state index in [1.54, 1.807) is 37.3 Å². The first-order chi connectivity index (χ1) is 14.4. The summed E-state index contributed by atoms with van der Waals surface area (Å²) in [7, 11) is 0. The first kappa shape index (κ1) is 21.8. The van der Waals surface area contributed by atoms with Gasteiger partial charge in [-0.3, -0.25) is 4.79 Å². The zero-order valence-electron chi connectivity index (χ0n) is 16.7. The number of aryl methyl sites for hydroxylation is 2. The van der Waals surface area contributed by atoms with Gasteiger partial charge >= 0.3 is 17.6 Å². The summed E-state index contributed by atoms with van der Waals surface area (Å²) >= 11 is 3.34. The van der Waals surface area contributed by atoms with E-state index in [1.165, 1.54) is 12.1 Å². The molecule has 0 aliphatic heterocycles. The molecule has 1 heterocycles. The Balaban J connectivity index is 1.97. The van der Waals surface area contributed by atoms with E-state index in [-0.39, 0.29) is 18.1 Å². The maximum Gasteiger partial charge on any atom is 0.344 e. The Kier molecular flexibility index (Phi) is 7.05. The van der Waals surface area contributed by atoms with Gasteiger partial charge in [-0.15, -0.1) is 0 Å². The fraction of sp³-hybridized carbons (Fsp3) is 0.261. The monoisotopic (exact) mass is 472 g/mol. The van der Waals surface area contributed by atoms with Crippen molar-refractivity contribution in [1.29, 1.82) is 0 Å². The summed E-state index contributed by atoms with van der Waals surface area (Å²) in [5.74, 6) is -0.650. The van der Waals surface area contributed by atoms with Crippen molar-refractivity contribution in [3.8, 4) is 5.75 Å². The van der Waals surface area contributed by atoms with Crippen molar-refractivity contribution in [2.45, 2.75) is 33.1 Å². The van der Waals surface area contributed by atoms with Crippen LogP contribution >= 0.6 is 15.9 Å². The Bertz CT molecular complexity index is 1150. The molecule has 0 unspecified atom stereocenters. The minimum absolute atomic E-state index is 0.140. The van der Waals surface area contributed by atoms with Gasteiger partial charge in [-0.1, -0.05) is 19.1 Å². The molecule has 0 radical (unpaired) electrons. The van der Waals surface area contributed by atoms with Crippen LogP contribution in [0.15, 0.2) is 56.1 Å². The van der Waals surface area contributed by atoms with Crippen molar-refractivity contribution < 1.29 is 23.5 Å². The van der Waals surface area contributed by atoms with E-state index in [2.05, 4.69) is 15.9 Å². The SMILES string of the molecule is CCCOC(=O)CCc1cc2c(C)cc(=O)oc2cc1OC(=O)c1ccccc1Br. The van der Waals surface area contributed by atoms with Crippen LogP contribution in [0.1, 0.15) is 41.3 Å². The van der Waals surface area contributed by atoms with Gasteiger partial charge in [-0.05, 0) is 65.0 Å². The Morgan fingerprint density at radius 1 is 1.13 bits per heavy atom. The van der Waals surface area contributed by atoms with Gasteiger partial charge in [0.15, 0.2) is 0 Å². The third-order valence-electron chi connectivity index (χ3n) is 4.49. The molecule has 1 aromatic heterocycles. The van der Waals surface area contributed by atoms with Crippen molar-refractivity contribution in [2.75, 3.05) is 6.61 Å². The lowest BCUT2D eigenvalue weighted by Gasteiger charge is -2.13. The highest BCUT2D eigenvalue weighted by Crippen LogP contribution is 2.30. The van der Waals surface area contributed by atoms with Gasteiger partial charge in [0.1, 0.15) is 11.3 Å². The molecule has 3 rings (SSSR count). The number of esters is 2. The number of hydrogen-bond acceptors (Lipinski definition) is 6. The number of hydrogen-bond donors (Lipinski definition) is 0. The van der Waals surface area contributed by atoms with E-state index in [0.717, 1.165) is 12.0 Å². The van der Waals surface area contributed by atoms with E-state index in [4.69, 9.17) is 13.9 Å². The minimum atomic E-state index is -0.563. The number of carbonyl (C=O) groups excluding carboxylic acids is 2. The summed E-state index contributed by atoms with van der Waals surface area (Å²) in [4.78, 5) is 36.4. The normalized spacial score (nSPS) is 10.8. The predicted molar refractivity (Wildman–Crippen MR) is 116 cm³/mol. The lowest BCUT2D eigenvalue weighted by Crippen LogP contribution is -2.12. The molecule has 3 aromatic rings. The van der Waals surface area contributed by atoms with Crippen LogP contribution in [0.3, 0.4) is 0 Å². The summed E-state index contributed by atoms with van der Waals surface area (Å²) < 4.78 is 16.6. The summed E-state index contributed by atoms with van der Waals surface area (Å²) in [6, 6.07) is 11.6. The van der Waals surface area contributed by atoms with Crippen LogP contribution in [0.25, 0.3) is 11.0 Å². The molecule has 30 heavy (non-hydrogen) atoms. The average molecular weight is 473 g/mol. The Labute approximate surface area is 181 Å². The molecule has 0 bridgehead atoms. The van der Waals surface area contributed by atoms with E-state index < -0.39 is 11.6 Å². The van der Waals surface area contributed by atoms with E-state index in [0.29, 0.717) is 39.6 Å². The number of rotatable bonds is 7. The molecule has 0 saturated heterocycles. The molecule has 156 valence electrons. The van der Waals surface area contributed by atoms with Crippen molar-refractivity contribution in [1.82, 2.24) is 0 Å². The molecule has 0 spiro atoms. The third kappa shape index (κ3) is 5.16. The van der Waals surface area contributed by atoms with Gasteiger partial charge in [0.25, 0.3) is 0 Å². The second kappa shape index (κ2) is 9.71. The number of carbonyl (C=O) groups is 2. The smallest absolute Gasteiger partial charge is 0.344 e.